The topological polar surface area (TPSA) is 134 Å². The quantitative estimate of drug-likeness (QED) is 0.317. The first-order valence-electron chi connectivity index (χ1n) is 14.8. The van der Waals surface area contributed by atoms with E-state index in [-0.39, 0.29) is 41.7 Å². The van der Waals surface area contributed by atoms with Crippen molar-refractivity contribution in [3.8, 4) is 11.3 Å². The van der Waals surface area contributed by atoms with E-state index >= 15 is 8.78 Å². The summed E-state index contributed by atoms with van der Waals surface area (Å²) in [5.41, 5.74) is 8.84. The number of methoxy groups -OCH3 is 1. The summed E-state index contributed by atoms with van der Waals surface area (Å²) in [6, 6.07) is 7.04. The summed E-state index contributed by atoms with van der Waals surface area (Å²) in [5.74, 6) is -1.19. The number of halogens is 2. The van der Waals surface area contributed by atoms with Crippen LogP contribution in [0.1, 0.15) is 25.3 Å². The van der Waals surface area contributed by atoms with Crippen LogP contribution in [0.4, 0.5) is 30.9 Å². The van der Waals surface area contributed by atoms with E-state index in [0.29, 0.717) is 48.8 Å². The molecule has 236 valence electrons. The lowest BCUT2D eigenvalue weighted by Crippen LogP contribution is -2.62. The van der Waals surface area contributed by atoms with Gasteiger partial charge in [-0.3, -0.25) is 9.78 Å². The number of nitrogens with one attached hydrogen (secondary N) is 1. The van der Waals surface area contributed by atoms with Crippen LogP contribution in [0.5, 0.6) is 0 Å². The molecule has 14 heteroatoms. The number of nitrogens with two attached hydrogens (primary N) is 1. The summed E-state index contributed by atoms with van der Waals surface area (Å²) >= 11 is 0. The summed E-state index contributed by atoms with van der Waals surface area (Å²) < 4.78 is 37.0. The summed E-state index contributed by atoms with van der Waals surface area (Å²) in [4.78, 5) is 38.2. The smallest absolute Gasteiger partial charge is 0.409 e. The molecule has 4 aromatic rings. The summed E-state index contributed by atoms with van der Waals surface area (Å²) in [6.45, 7) is 3.86. The van der Waals surface area contributed by atoms with Crippen LogP contribution in [-0.2, 0) is 16.1 Å². The molecule has 2 aliphatic heterocycles. The molecule has 2 saturated heterocycles. The number of fused-ring (bicyclic) bond motifs is 1. The van der Waals surface area contributed by atoms with Crippen LogP contribution in [0.15, 0.2) is 48.9 Å². The van der Waals surface area contributed by atoms with Crippen molar-refractivity contribution in [3.63, 3.8) is 0 Å². The van der Waals surface area contributed by atoms with Gasteiger partial charge in [0, 0.05) is 51.9 Å². The highest BCUT2D eigenvalue weighted by Gasteiger charge is 2.38. The second-order valence-corrected chi connectivity index (χ2v) is 11.6. The molecule has 0 saturated carbocycles. The summed E-state index contributed by atoms with van der Waals surface area (Å²) in [7, 11) is 3.04. The van der Waals surface area contributed by atoms with Gasteiger partial charge in [-0.05, 0) is 48.2 Å². The van der Waals surface area contributed by atoms with Crippen LogP contribution in [-0.4, -0.2) is 87.3 Å². The predicted molar refractivity (Wildman–Crippen MR) is 164 cm³/mol. The number of anilines is 3. The minimum absolute atomic E-state index is 0.0167. The Kier molecular flexibility index (Phi) is 8.23. The third-order valence-corrected chi connectivity index (χ3v) is 8.54. The van der Waals surface area contributed by atoms with Crippen LogP contribution in [0.25, 0.3) is 16.8 Å². The number of aromatic nitrogens is 4. The molecule has 2 amide bonds. The van der Waals surface area contributed by atoms with Gasteiger partial charge in [-0.15, -0.1) is 0 Å². The maximum absolute atomic E-state index is 15.3. The fourth-order valence-corrected chi connectivity index (χ4v) is 6.48. The number of carbonyl (C=O) groups excluding carboxylic acids is 2. The van der Waals surface area contributed by atoms with Crippen LogP contribution >= 0.6 is 0 Å². The highest BCUT2D eigenvalue weighted by Crippen LogP contribution is 2.33. The predicted octanol–water partition coefficient (Wildman–Crippen LogP) is 3.79. The zero-order valence-electron chi connectivity index (χ0n) is 25.3. The van der Waals surface area contributed by atoms with Gasteiger partial charge in [-0.1, -0.05) is 6.92 Å². The van der Waals surface area contributed by atoms with Crippen molar-refractivity contribution in [1.29, 1.82) is 0 Å². The van der Waals surface area contributed by atoms with E-state index in [4.69, 9.17) is 10.5 Å². The largest absolute Gasteiger partial charge is 0.453 e. The number of nitrogens with zero attached hydrogens (tertiary/aromatic N) is 7. The first kappa shape index (κ1) is 30.2. The normalized spacial score (nSPS) is 20.1. The molecule has 6 rings (SSSR count). The average Bonchev–Trinajstić information content (AvgIpc) is 3.61. The van der Waals surface area contributed by atoms with Crippen LogP contribution in [0.2, 0.25) is 0 Å². The van der Waals surface area contributed by atoms with Crippen molar-refractivity contribution in [2.24, 2.45) is 11.7 Å². The van der Waals surface area contributed by atoms with E-state index in [2.05, 4.69) is 25.3 Å². The fraction of sp³-hybridized carbons (Fsp3) is 0.387. The number of likely N-dealkylation sites (N-methyl/N-ethyl adjacent to an activating group) is 1. The van der Waals surface area contributed by atoms with Gasteiger partial charge in [0.1, 0.15) is 11.6 Å². The minimum Gasteiger partial charge on any atom is -0.453 e. The Bertz CT molecular complexity index is 1710. The molecular weight excluding hydrogens is 584 g/mol. The number of likely N-dealkylation sites (tertiary alicyclic amines) is 1. The summed E-state index contributed by atoms with van der Waals surface area (Å²) in [5, 5.41) is 7.81. The van der Waals surface area contributed by atoms with Gasteiger partial charge in [0.25, 0.3) is 0 Å². The Hall–Kier alpha value is -4.85. The average molecular weight is 620 g/mol. The molecule has 3 aromatic heterocycles. The molecule has 12 nitrogen and oxygen atoms in total. The molecule has 3 atom stereocenters. The van der Waals surface area contributed by atoms with Crippen molar-refractivity contribution in [2.45, 2.75) is 38.4 Å². The Morgan fingerprint density at radius 1 is 1.18 bits per heavy atom. The number of amides is 2. The van der Waals surface area contributed by atoms with E-state index in [1.165, 1.54) is 23.8 Å². The third-order valence-electron chi connectivity index (χ3n) is 8.54. The van der Waals surface area contributed by atoms with E-state index < -0.39 is 17.7 Å². The van der Waals surface area contributed by atoms with Gasteiger partial charge in [-0.2, -0.15) is 9.61 Å². The molecule has 2 fully saturated rings. The first-order valence-corrected chi connectivity index (χ1v) is 14.8. The van der Waals surface area contributed by atoms with Gasteiger partial charge in [0.15, 0.2) is 0 Å². The monoisotopic (exact) mass is 619 g/mol. The van der Waals surface area contributed by atoms with Gasteiger partial charge in [0.05, 0.1) is 53.7 Å². The van der Waals surface area contributed by atoms with Crippen LogP contribution in [0, 0.1) is 17.6 Å². The second kappa shape index (κ2) is 12.3. The van der Waals surface area contributed by atoms with Gasteiger partial charge < -0.3 is 30.5 Å². The lowest BCUT2D eigenvalue weighted by atomic mass is 9.89. The number of benzene rings is 1. The molecule has 0 spiro atoms. The maximum Gasteiger partial charge on any atom is 0.409 e. The van der Waals surface area contributed by atoms with Crippen LogP contribution in [0.3, 0.4) is 0 Å². The molecular formula is C31H35F2N9O3. The van der Waals surface area contributed by atoms with Gasteiger partial charge in [0.2, 0.25) is 11.9 Å². The lowest BCUT2D eigenvalue weighted by Gasteiger charge is -2.45. The van der Waals surface area contributed by atoms with Crippen LogP contribution < -0.4 is 16.0 Å². The molecule has 5 heterocycles. The SMILES string of the molecule is COC(=O)N(C)[C@@H]1[C@H](N)CN(c2ccncc2Nc2ncc3ccc(-c4c(F)cc(CN5CCCC5=O)cc4F)nn23)C[C@@H]1C. The van der Waals surface area contributed by atoms with E-state index in [1.807, 2.05) is 13.0 Å². The van der Waals surface area contributed by atoms with E-state index in [1.54, 1.807) is 47.6 Å². The number of rotatable bonds is 7. The number of piperidine rings is 1. The van der Waals surface area contributed by atoms with E-state index in [0.717, 1.165) is 12.1 Å². The zero-order chi connectivity index (χ0) is 31.8. The van der Waals surface area contributed by atoms with Crippen molar-refractivity contribution in [3.05, 3.63) is 66.1 Å². The lowest BCUT2D eigenvalue weighted by molar-refractivity contribution is -0.128. The maximum atomic E-state index is 15.3. The Morgan fingerprint density at radius 2 is 1.96 bits per heavy atom. The fourth-order valence-electron chi connectivity index (χ4n) is 6.48. The number of carbonyl (C=O) groups is 2. The van der Waals surface area contributed by atoms with E-state index in [9.17, 15) is 9.59 Å². The number of hydrogen-bond acceptors (Lipinski definition) is 9. The number of ether oxygens (including phenoxy) is 1. The zero-order valence-corrected chi connectivity index (χ0v) is 25.3. The molecule has 0 bridgehead atoms. The third kappa shape index (κ3) is 5.84. The Balaban J connectivity index is 1.26. The molecule has 3 N–H and O–H groups in total. The minimum atomic E-state index is -0.764. The summed E-state index contributed by atoms with van der Waals surface area (Å²) in [6.07, 6.45) is 5.70. The molecule has 0 unspecified atom stereocenters. The van der Waals surface area contributed by atoms with Gasteiger partial charge >= 0.3 is 6.09 Å². The number of pyridine rings is 1. The van der Waals surface area contributed by atoms with Crippen molar-refractivity contribution in [1.82, 2.24) is 29.4 Å². The first-order chi connectivity index (χ1) is 21.6. The Labute approximate surface area is 258 Å². The molecule has 0 aliphatic carbocycles. The number of imidazole rings is 1. The molecule has 1 aromatic carbocycles. The highest BCUT2D eigenvalue weighted by molar-refractivity contribution is 5.78. The highest BCUT2D eigenvalue weighted by atomic mass is 19.1. The van der Waals surface area contributed by atoms with Crippen molar-refractivity contribution in [2.75, 3.05) is 44.0 Å². The molecule has 0 radical (unpaired) electrons. The van der Waals surface area contributed by atoms with Crippen molar-refractivity contribution >= 4 is 34.8 Å². The second-order valence-electron chi connectivity index (χ2n) is 11.6. The molecule has 2 aliphatic rings. The standard InChI is InChI=1S/C31H35F2N9O3/c1-18-15-41(17-23(34)29(18)39(2)31(44)45-3)26-8-9-35-14-25(26)37-30-36-13-20-6-7-24(38-42(20)30)28-21(32)11-19(12-22(28)33)16-40-10-4-5-27(40)43/h6-9,11-14,18,23,29H,4-5,10,15-17,34H2,1-3H3,(H,36,37)/t18-,23+,29-/m0/s1. The Morgan fingerprint density at radius 3 is 2.64 bits per heavy atom. The van der Waals surface area contributed by atoms with Gasteiger partial charge in [-0.25, -0.2) is 18.6 Å². The number of hydrogen-bond donors (Lipinski definition) is 2. The molecule has 45 heavy (non-hydrogen) atoms. The van der Waals surface area contributed by atoms with Crippen molar-refractivity contribution < 1.29 is 23.1 Å².